The van der Waals surface area contributed by atoms with Crippen molar-refractivity contribution >= 4 is 34.2 Å². The Bertz CT molecular complexity index is 433. The maximum atomic E-state index is 12.0. The lowest BCUT2D eigenvalue weighted by molar-refractivity contribution is 0.0951. The number of carbonyl (C=O) groups is 1. The molecule has 1 fully saturated rings. The maximum Gasteiger partial charge on any atom is 0.251 e. The second-order valence-corrected chi connectivity index (χ2v) is 5.71. The first kappa shape index (κ1) is 16.5. The normalized spacial score (nSPS) is 17.9. The van der Waals surface area contributed by atoms with Gasteiger partial charge in [-0.25, -0.2) is 0 Å². The Morgan fingerprint density at radius 2 is 2.32 bits per heavy atom. The fraction of sp³-hybridized carbons (Fsp3) is 0.500. The molecule has 0 spiro atoms. The number of hydrogen-bond donors (Lipinski definition) is 2. The summed E-state index contributed by atoms with van der Waals surface area (Å²) in [5.41, 5.74) is 1.76. The van der Waals surface area contributed by atoms with Gasteiger partial charge in [0.15, 0.2) is 0 Å². The van der Waals surface area contributed by atoms with Gasteiger partial charge in [0, 0.05) is 22.6 Å². The van der Waals surface area contributed by atoms with Crippen LogP contribution in [0.25, 0.3) is 0 Å². The summed E-state index contributed by atoms with van der Waals surface area (Å²) in [6.45, 7) is 3.81. The summed E-state index contributed by atoms with van der Waals surface area (Å²) < 4.78 is 0.940. The molecule has 1 aromatic rings. The van der Waals surface area contributed by atoms with Crippen LogP contribution in [0.2, 0.25) is 0 Å². The van der Waals surface area contributed by atoms with Crippen LogP contribution < -0.4 is 10.6 Å². The molecule has 1 aliphatic heterocycles. The SMILES string of the molecule is Cc1ccc(Br)cc1C(=O)NCC[C@H]1CCCN1.Cl. The molecule has 2 rings (SSSR count). The van der Waals surface area contributed by atoms with Crippen molar-refractivity contribution in [3.8, 4) is 0 Å². The zero-order valence-corrected chi connectivity index (χ0v) is 13.4. The van der Waals surface area contributed by atoms with Gasteiger partial charge in [-0.05, 0) is 50.4 Å². The van der Waals surface area contributed by atoms with Gasteiger partial charge in [0.2, 0.25) is 0 Å². The number of aryl methyl sites for hydroxylation is 1. The first-order chi connectivity index (χ1) is 8.66. The molecule has 106 valence electrons. The van der Waals surface area contributed by atoms with Gasteiger partial charge >= 0.3 is 0 Å². The van der Waals surface area contributed by atoms with Crippen LogP contribution in [0.1, 0.15) is 35.2 Å². The molecule has 5 heteroatoms. The molecular weight excluding hydrogens is 328 g/mol. The first-order valence-electron chi connectivity index (χ1n) is 6.44. The maximum absolute atomic E-state index is 12.0. The quantitative estimate of drug-likeness (QED) is 0.879. The number of nitrogens with one attached hydrogen (secondary N) is 2. The predicted molar refractivity (Wildman–Crippen MR) is 84.1 cm³/mol. The summed E-state index contributed by atoms with van der Waals surface area (Å²) in [4.78, 5) is 12.0. The second-order valence-electron chi connectivity index (χ2n) is 4.80. The summed E-state index contributed by atoms with van der Waals surface area (Å²) >= 11 is 3.40. The average molecular weight is 348 g/mol. The Labute approximate surface area is 129 Å². The topological polar surface area (TPSA) is 41.1 Å². The van der Waals surface area contributed by atoms with Crippen LogP contribution in [0, 0.1) is 6.92 Å². The Kier molecular flexibility index (Phi) is 6.83. The summed E-state index contributed by atoms with van der Waals surface area (Å²) in [6.07, 6.45) is 3.49. The van der Waals surface area contributed by atoms with Gasteiger partial charge in [-0.3, -0.25) is 4.79 Å². The third-order valence-electron chi connectivity index (χ3n) is 3.38. The third-order valence-corrected chi connectivity index (χ3v) is 3.88. The van der Waals surface area contributed by atoms with E-state index in [9.17, 15) is 4.79 Å². The fourth-order valence-electron chi connectivity index (χ4n) is 2.30. The molecule has 2 N–H and O–H groups in total. The Balaban J connectivity index is 0.00000180. The van der Waals surface area contributed by atoms with E-state index in [1.165, 1.54) is 12.8 Å². The highest BCUT2D eigenvalue weighted by atomic mass is 79.9. The van der Waals surface area contributed by atoms with Crippen molar-refractivity contribution in [3.63, 3.8) is 0 Å². The molecule has 1 aromatic carbocycles. The predicted octanol–water partition coefficient (Wildman–Crippen LogP) is 3.05. The minimum Gasteiger partial charge on any atom is -0.352 e. The average Bonchev–Trinajstić information content (AvgIpc) is 2.85. The largest absolute Gasteiger partial charge is 0.352 e. The zero-order chi connectivity index (χ0) is 13.0. The van der Waals surface area contributed by atoms with Gasteiger partial charge in [-0.1, -0.05) is 22.0 Å². The number of halogens is 2. The molecule has 0 radical (unpaired) electrons. The van der Waals surface area contributed by atoms with Crippen molar-refractivity contribution in [2.24, 2.45) is 0 Å². The van der Waals surface area contributed by atoms with Crippen molar-refractivity contribution in [2.45, 2.75) is 32.2 Å². The summed E-state index contributed by atoms with van der Waals surface area (Å²) in [7, 11) is 0. The van der Waals surface area contributed by atoms with E-state index in [1.54, 1.807) is 0 Å². The zero-order valence-electron chi connectivity index (χ0n) is 11.0. The molecule has 0 unspecified atom stereocenters. The lowest BCUT2D eigenvalue weighted by Gasteiger charge is -2.12. The van der Waals surface area contributed by atoms with Crippen molar-refractivity contribution < 1.29 is 4.79 Å². The number of hydrogen-bond acceptors (Lipinski definition) is 2. The van der Waals surface area contributed by atoms with Gasteiger partial charge in [-0.15, -0.1) is 12.4 Å². The van der Waals surface area contributed by atoms with Crippen LogP contribution >= 0.6 is 28.3 Å². The van der Waals surface area contributed by atoms with E-state index in [1.807, 2.05) is 25.1 Å². The third kappa shape index (κ3) is 4.79. The van der Waals surface area contributed by atoms with Gasteiger partial charge in [0.05, 0.1) is 0 Å². The smallest absolute Gasteiger partial charge is 0.251 e. The lowest BCUT2D eigenvalue weighted by atomic mass is 10.1. The molecule has 1 amide bonds. The van der Waals surface area contributed by atoms with E-state index in [4.69, 9.17) is 0 Å². The molecule has 0 bridgehead atoms. The van der Waals surface area contributed by atoms with Crippen LogP contribution in [0.4, 0.5) is 0 Å². The molecular formula is C14H20BrClN2O. The van der Waals surface area contributed by atoms with E-state index in [0.29, 0.717) is 6.04 Å². The standard InChI is InChI=1S/C14H19BrN2O.ClH/c1-10-4-5-11(15)9-13(10)14(18)17-8-6-12-3-2-7-16-12;/h4-5,9,12,16H,2-3,6-8H2,1H3,(H,17,18);1H/t12-;/m1./s1. The van der Waals surface area contributed by atoms with Crippen molar-refractivity contribution in [1.29, 1.82) is 0 Å². The van der Waals surface area contributed by atoms with E-state index in [0.717, 1.165) is 35.1 Å². The summed E-state index contributed by atoms with van der Waals surface area (Å²) in [6, 6.07) is 6.36. The van der Waals surface area contributed by atoms with Gasteiger partial charge in [0.25, 0.3) is 5.91 Å². The molecule has 0 aromatic heterocycles. The molecule has 0 aliphatic carbocycles. The minimum atomic E-state index is 0. The van der Waals surface area contributed by atoms with Crippen LogP contribution in [0.5, 0.6) is 0 Å². The Hall–Kier alpha value is -0.580. The highest BCUT2D eigenvalue weighted by molar-refractivity contribution is 9.10. The first-order valence-corrected chi connectivity index (χ1v) is 7.24. The molecule has 1 atom stereocenters. The van der Waals surface area contributed by atoms with Crippen LogP contribution in [0.3, 0.4) is 0 Å². The second kappa shape index (κ2) is 7.88. The van der Waals surface area contributed by atoms with Crippen LogP contribution in [-0.4, -0.2) is 25.0 Å². The number of carbonyl (C=O) groups excluding carboxylic acids is 1. The lowest BCUT2D eigenvalue weighted by Crippen LogP contribution is -2.30. The van der Waals surface area contributed by atoms with E-state index in [-0.39, 0.29) is 18.3 Å². The molecule has 3 nitrogen and oxygen atoms in total. The van der Waals surface area contributed by atoms with Crippen LogP contribution in [-0.2, 0) is 0 Å². The number of rotatable bonds is 4. The number of amides is 1. The number of benzene rings is 1. The van der Waals surface area contributed by atoms with Crippen LogP contribution in [0.15, 0.2) is 22.7 Å². The van der Waals surface area contributed by atoms with E-state index < -0.39 is 0 Å². The van der Waals surface area contributed by atoms with E-state index in [2.05, 4.69) is 26.6 Å². The minimum absolute atomic E-state index is 0. The van der Waals surface area contributed by atoms with Crippen molar-refractivity contribution in [2.75, 3.05) is 13.1 Å². The highest BCUT2D eigenvalue weighted by Gasteiger charge is 2.14. The fourth-order valence-corrected chi connectivity index (χ4v) is 2.66. The summed E-state index contributed by atoms with van der Waals surface area (Å²) in [5, 5.41) is 6.43. The summed E-state index contributed by atoms with van der Waals surface area (Å²) in [5.74, 6) is 0.0202. The molecule has 1 saturated heterocycles. The highest BCUT2D eigenvalue weighted by Crippen LogP contribution is 2.16. The molecule has 1 heterocycles. The van der Waals surface area contributed by atoms with Crippen molar-refractivity contribution in [1.82, 2.24) is 10.6 Å². The Morgan fingerprint density at radius 3 is 3.00 bits per heavy atom. The molecule has 1 aliphatic rings. The van der Waals surface area contributed by atoms with Crippen molar-refractivity contribution in [3.05, 3.63) is 33.8 Å². The molecule has 0 saturated carbocycles. The van der Waals surface area contributed by atoms with Gasteiger partial charge in [-0.2, -0.15) is 0 Å². The van der Waals surface area contributed by atoms with E-state index >= 15 is 0 Å². The monoisotopic (exact) mass is 346 g/mol. The molecule has 19 heavy (non-hydrogen) atoms. The van der Waals surface area contributed by atoms with Gasteiger partial charge < -0.3 is 10.6 Å². The van der Waals surface area contributed by atoms with Gasteiger partial charge in [0.1, 0.15) is 0 Å². The Morgan fingerprint density at radius 1 is 1.53 bits per heavy atom.